The highest BCUT2D eigenvalue weighted by Crippen LogP contribution is 2.16. The zero-order valence-electron chi connectivity index (χ0n) is 13.7. The van der Waals surface area contributed by atoms with E-state index in [-0.39, 0.29) is 17.5 Å². The first-order valence-corrected chi connectivity index (χ1v) is 9.58. The van der Waals surface area contributed by atoms with Gasteiger partial charge in [-0.3, -0.25) is 4.98 Å². The van der Waals surface area contributed by atoms with E-state index >= 15 is 0 Å². The SMILES string of the molecule is O=C(Nc1ccc(S(=O)(=O)NCc2ccccn2)cc1)N1CCCC1. The molecule has 1 aromatic heterocycles. The molecule has 2 heterocycles. The average Bonchev–Trinajstić information content (AvgIpc) is 3.16. The molecule has 2 aromatic rings. The van der Waals surface area contributed by atoms with Crippen molar-refractivity contribution in [2.24, 2.45) is 0 Å². The lowest BCUT2D eigenvalue weighted by Gasteiger charge is -2.16. The summed E-state index contributed by atoms with van der Waals surface area (Å²) in [4.78, 5) is 18.0. The Morgan fingerprint density at radius 1 is 1.08 bits per heavy atom. The van der Waals surface area contributed by atoms with E-state index in [1.165, 1.54) is 12.1 Å². The Labute approximate surface area is 147 Å². The van der Waals surface area contributed by atoms with Gasteiger partial charge in [0.1, 0.15) is 0 Å². The van der Waals surface area contributed by atoms with E-state index in [0.717, 1.165) is 25.9 Å². The van der Waals surface area contributed by atoms with Crippen LogP contribution in [0.3, 0.4) is 0 Å². The monoisotopic (exact) mass is 360 g/mol. The highest BCUT2D eigenvalue weighted by Gasteiger charge is 2.18. The Morgan fingerprint density at radius 2 is 1.80 bits per heavy atom. The number of hydrogen-bond donors (Lipinski definition) is 2. The molecule has 1 aliphatic heterocycles. The van der Waals surface area contributed by atoms with Gasteiger partial charge >= 0.3 is 6.03 Å². The van der Waals surface area contributed by atoms with Gasteiger partial charge in [-0.15, -0.1) is 0 Å². The van der Waals surface area contributed by atoms with Crippen LogP contribution in [0, 0.1) is 0 Å². The summed E-state index contributed by atoms with van der Waals surface area (Å²) < 4.78 is 27.1. The lowest BCUT2D eigenvalue weighted by atomic mass is 10.3. The first-order chi connectivity index (χ1) is 12.0. The van der Waals surface area contributed by atoms with Crippen molar-refractivity contribution < 1.29 is 13.2 Å². The van der Waals surface area contributed by atoms with Crippen LogP contribution in [0.15, 0.2) is 53.6 Å². The molecule has 1 fully saturated rings. The Kier molecular flexibility index (Phi) is 5.30. The molecule has 7 nitrogen and oxygen atoms in total. The molecule has 0 radical (unpaired) electrons. The lowest BCUT2D eigenvalue weighted by molar-refractivity contribution is 0.222. The largest absolute Gasteiger partial charge is 0.325 e. The number of anilines is 1. The maximum Gasteiger partial charge on any atom is 0.321 e. The van der Waals surface area contributed by atoms with Gasteiger partial charge < -0.3 is 10.2 Å². The molecule has 8 heteroatoms. The number of amides is 2. The molecule has 2 N–H and O–H groups in total. The van der Waals surface area contributed by atoms with Gasteiger partial charge in [0.25, 0.3) is 0 Å². The lowest BCUT2D eigenvalue weighted by Crippen LogP contribution is -2.32. The van der Waals surface area contributed by atoms with Crippen LogP contribution in [0.5, 0.6) is 0 Å². The number of nitrogens with one attached hydrogen (secondary N) is 2. The van der Waals surface area contributed by atoms with E-state index in [1.54, 1.807) is 41.4 Å². The quantitative estimate of drug-likeness (QED) is 0.855. The molecular weight excluding hydrogens is 340 g/mol. The first-order valence-electron chi connectivity index (χ1n) is 8.10. The molecule has 0 bridgehead atoms. The number of aromatic nitrogens is 1. The number of likely N-dealkylation sites (tertiary alicyclic amines) is 1. The molecule has 0 aliphatic carbocycles. The van der Waals surface area contributed by atoms with E-state index in [9.17, 15) is 13.2 Å². The fourth-order valence-electron chi connectivity index (χ4n) is 2.60. The smallest absolute Gasteiger partial charge is 0.321 e. The third-order valence-corrected chi connectivity index (χ3v) is 5.40. The Morgan fingerprint density at radius 3 is 2.44 bits per heavy atom. The molecule has 2 amide bonds. The molecule has 0 spiro atoms. The van der Waals surface area contributed by atoms with E-state index < -0.39 is 10.0 Å². The second-order valence-corrected chi connectivity index (χ2v) is 7.56. The normalized spacial score (nSPS) is 14.5. The Balaban J connectivity index is 1.61. The molecule has 0 saturated carbocycles. The summed E-state index contributed by atoms with van der Waals surface area (Å²) in [5, 5.41) is 2.78. The summed E-state index contributed by atoms with van der Waals surface area (Å²) in [7, 11) is -3.63. The van der Waals surface area contributed by atoms with Crippen LogP contribution in [0.4, 0.5) is 10.5 Å². The number of sulfonamides is 1. The van der Waals surface area contributed by atoms with Gasteiger partial charge in [0.15, 0.2) is 0 Å². The molecule has 0 unspecified atom stereocenters. The highest BCUT2D eigenvalue weighted by molar-refractivity contribution is 7.89. The zero-order chi connectivity index (χ0) is 17.7. The van der Waals surface area contributed by atoms with Gasteiger partial charge in [0.2, 0.25) is 10.0 Å². The predicted molar refractivity (Wildman–Crippen MR) is 94.5 cm³/mol. The zero-order valence-corrected chi connectivity index (χ0v) is 14.5. The van der Waals surface area contributed by atoms with E-state index in [1.807, 2.05) is 0 Å². The predicted octanol–water partition coefficient (Wildman–Crippen LogP) is 2.19. The maximum absolute atomic E-state index is 12.3. The van der Waals surface area contributed by atoms with Gasteiger partial charge in [0, 0.05) is 25.0 Å². The summed E-state index contributed by atoms with van der Waals surface area (Å²) in [6.45, 7) is 1.64. The molecule has 0 atom stereocenters. The summed E-state index contributed by atoms with van der Waals surface area (Å²) in [5.41, 5.74) is 1.21. The van der Waals surface area contributed by atoms with Gasteiger partial charge in [-0.2, -0.15) is 0 Å². The van der Waals surface area contributed by atoms with Crippen LogP contribution in [0.2, 0.25) is 0 Å². The third kappa shape index (κ3) is 4.55. The third-order valence-electron chi connectivity index (χ3n) is 3.98. The second kappa shape index (κ2) is 7.62. The van der Waals surface area contributed by atoms with Crippen molar-refractivity contribution in [3.05, 3.63) is 54.4 Å². The molecule has 3 rings (SSSR count). The molecule has 132 valence electrons. The molecule has 1 saturated heterocycles. The summed E-state index contributed by atoms with van der Waals surface area (Å²) in [5.74, 6) is 0. The van der Waals surface area contributed by atoms with Gasteiger partial charge in [-0.05, 0) is 49.2 Å². The highest BCUT2D eigenvalue weighted by atomic mass is 32.2. The topological polar surface area (TPSA) is 91.4 Å². The minimum atomic E-state index is -3.63. The van der Waals surface area contributed by atoms with Crippen LogP contribution in [0.25, 0.3) is 0 Å². The van der Waals surface area contributed by atoms with Crippen molar-refractivity contribution in [1.29, 1.82) is 0 Å². The van der Waals surface area contributed by atoms with Crippen LogP contribution in [0.1, 0.15) is 18.5 Å². The number of benzene rings is 1. The fraction of sp³-hybridized carbons (Fsp3) is 0.294. The molecule has 1 aromatic carbocycles. The maximum atomic E-state index is 12.3. The van der Waals surface area contributed by atoms with Gasteiger partial charge in [0.05, 0.1) is 17.1 Å². The molecule has 1 aliphatic rings. The molecule has 25 heavy (non-hydrogen) atoms. The van der Waals surface area contributed by atoms with Crippen LogP contribution in [-0.4, -0.2) is 37.4 Å². The second-order valence-electron chi connectivity index (χ2n) is 5.79. The first kappa shape index (κ1) is 17.4. The van der Waals surface area contributed by atoms with E-state index in [2.05, 4.69) is 15.0 Å². The van der Waals surface area contributed by atoms with Crippen molar-refractivity contribution >= 4 is 21.7 Å². The molecular formula is C17H20N4O3S. The van der Waals surface area contributed by atoms with Crippen molar-refractivity contribution in [2.45, 2.75) is 24.3 Å². The number of rotatable bonds is 5. The van der Waals surface area contributed by atoms with Crippen LogP contribution < -0.4 is 10.0 Å². The standard InChI is InChI=1S/C17H20N4O3S/c22-17(21-11-3-4-12-21)20-14-6-8-16(9-7-14)25(23,24)19-13-15-5-1-2-10-18-15/h1-2,5-10,19H,3-4,11-13H2,(H,20,22). The van der Waals surface area contributed by atoms with E-state index in [4.69, 9.17) is 0 Å². The number of nitrogens with zero attached hydrogens (tertiary/aromatic N) is 2. The summed E-state index contributed by atoms with van der Waals surface area (Å²) >= 11 is 0. The average molecular weight is 360 g/mol. The van der Waals surface area contributed by atoms with Crippen LogP contribution in [-0.2, 0) is 16.6 Å². The van der Waals surface area contributed by atoms with Crippen molar-refractivity contribution in [3.8, 4) is 0 Å². The van der Waals surface area contributed by atoms with E-state index in [0.29, 0.717) is 11.4 Å². The number of urea groups is 1. The number of hydrogen-bond acceptors (Lipinski definition) is 4. The Hall–Kier alpha value is -2.45. The summed E-state index contributed by atoms with van der Waals surface area (Å²) in [6, 6.07) is 11.3. The van der Waals surface area contributed by atoms with Gasteiger partial charge in [-0.25, -0.2) is 17.9 Å². The van der Waals surface area contributed by atoms with Gasteiger partial charge in [-0.1, -0.05) is 6.07 Å². The fourth-order valence-corrected chi connectivity index (χ4v) is 3.59. The number of carbonyl (C=O) groups is 1. The number of carbonyl (C=O) groups excluding carboxylic acids is 1. The minimum absolute atomic E-state index is 0.122. The Bertz CT molecular complexity index is 817. The minimum Gasteiger partial charge on any atom is -0.325 e. The van der Waals surface area contributed by atoms with Crippen molar-refractivity contribution in [2.75, 3.05) is 18.4 Å². The summed E-state index contributed by atoms with van der Waals surface area (Å²) in [6.07, 6.45) is 3.65. The van der Waals surface area contributed by atoms with Crippen LogP contribution >= 0.6 is 0 Å². The van der Waals surface area contributed by atoms with Crippen molar-refractivity contribution in [1.82, 2.24) is 14.6 Å². The number of pyridine rings is 1. The van der Waals surface area contributed by atoms with Crippen molar-refractivity contribution in [3.63, 3.8) is 0 Å².